The Balaban J connectivity index is -0.0000000655. The van der Waals surface area contributed by atoms with E-state index in [1.807, 2.05) is 0 Å². The van der Waals surface area contributed by atoms with Crippen LogP contribution in [0.3, 0.4) is 0 Å². The molecule has 0 heterocycles. The van der Waals surface area contributed by atoms with E-state index in [9.17, 15) is 39.5 Å². The molecule has 0 spiro atoms. The van der Waals surface area contributed by atoms with Crippen molar-refractivity contribution in [1.29, 1.82) is 0 Å². The molecule has 0 aromatic heterocycles. The van der Waals surface area contributed by atoms with Crippen LogP contribution in [0.5, 0.6) is 0 Å². The summed E-state index contributed by atoms with van der Waals surface area (Å²) in [6.07, 6.45) is -15.0. The van der Waals surface area contributed by atoms with Crippen LogP contribution in [0.1, 0.15) is 0 Å². The summed E-state index contributed by atoms with van der Waals surface area (Å²) in [6, 6.07) is 0. The number of halogens is 9. The van der Waals surface area contributed by atoms with E-state index in [0.717, 1.165) is 0 Å². The predicted molar refractivity (Wildman–Crippen MR) is 24.8 cm³/mol. The van der Waals surface area contributed by atoms with Gasteiger partial charge in [-0.25, -0.2) is 0 Å². The standard InChI is InChI=1S/3CHF3O.Yb/c3*2-1(3,4)5;/h3*5H;. The Morgan fingerprint density at radius 2 is 0.438 bits per heavy atom. The van der Waals surface area contributed by atoms with Crippen molar-refractivity contribution in [2.75, 3.05) is 0 Å². The van der Waals surface area contributed by atoms with Crippen molar-refractivity contribution in [2.24, 2.45) is 0 Å². The number of hydrogen-bond donors (Lipinski definition) is 3. The van der Waals surface area contributed by atoms with Crippen LogP contribution in [-0.2, 0) is 0 Å². The summed E-state index contributed by atoms with van der Waals surface area (Å²) in [4.78, 5) is 0. The van der Waals surface area contributed by atoms with Gasteiger partial charge >= 0.3 is 19.1 Å². The molecule has 0 aliphatic heterocycles. The quantitative estimate of drug-likeness (QED) is 0.510. The zero-order chi connectivity index (χ0) is 13.5. The number of alkyl halides is 9. The topological polar surface area (TPSA) is 60.7 Å². The molecule has 0 atom stereocenters. The summed E-state index contributed by atoms with van der Waals surface area (Å²) >= 11 is 0. The minimum Gasteiger partial charge on any atom is -0.308 e. The van der Waals surface area contributed by atoms with Crippen molar-refractivity contribution >= 4 is 0 Å². The van der Waals surface area contributed by atoms with Crippen molar-refractivity contribution in [1.82, 2.24) is 0 Å². The monoisotopic (exact) mass is 432 g/mol. The molecule has 3 N–H and O–H groups in total. The fraction of sp³-hybridized carbons (Fsp3) is 1.00. The molecule has 0 rings (SSSR count). The minimum absolute atomic E-state index is 0. The van der Waals surface area contributed by atoms with Crippen LogP contribution in [0.25, 0.3) is 0 Å². The van der Waals surface area contributed by atoms with Gasteiger partial charge in [-0.15, -0.1) is 39.5 Å². The average molecular weight is 431 g/mol. The molecule has 0 aromatic rings. The third kappa shape index (κ3) is 4730. The van der Waals surface area contributed by atoms with Gasteiger partial charge in [-0.2, -0.15) is 0 Å². The number of rotatable bonds is 0. The molecular weight excluding hydrogens is 428 g/mol. The van der Waals surface area contributed by atoms with Crippen LogP contribution in [0.2, 0.25) is 0 Å². The van der Waals surface area contributed by atoms with Crippen molar-refractivity contribution in [3.05, 3.63) is 0 Å². The molecular formula is C3H3F9O3Yb. The fourth-order valence-corrected chi connectivity index (χ4v) is 0. The zero-order valence-corrected chi connectivity index (χ0v) is 8.23. The van der Waals surface area contributed by atoms with E-state index in [2.05, 4.69) is 0 Å². The van der Waals surface area contributed by atoms with Gasteiger partial charge in [-0.05, 0) is 0 Å². The van der Waals surface area contributed by atoms with Crippen LogP contribution >= 0.6 is 0 Å². The Labute approximate surface area is 120 Å². The molecule has 0 fully saturated rings. The van der Waals surface area contributed by atoms with E-state index >= 15 is 0 Å². The van der Waals surface area contributed by atoms with Gasteiger partial charge in [-0.3, -0.25) is 0 Å². The van der Waals surface area contributed by atoms with Crippen LogP contribution in [-0.4, -0.2) is 34.4 Å². The van der Waals surface area contributed by atoms with Gasteiger partial charge < -0.3 is 15.3 Å². The summed E-state index contributed by atoms with van der Waals surface area (Å²) in [5.74, 6) is 0. The second-order valence-electron chi connectivity index (χ2n) is 1.40. The third-order valence-corrected chi connectivity index (χ3v) is 0. The van der Waals surface area contributed by atoms with Gasteiger partial charge in [0, 0.05) is 46.9 Å². The maximum absolute atomic E-state index is 9.91. The van der Waals surface area contributed by atoms with Gasteiger partial charge in [0.05, 0.1) is 0 Å². The van der Waals surface area contributed by atoms with E-state index in [1.165, 1.54) is 0 Å². The van der Waals surface area contributed by atoms with Crippen molar-refractivity contribution in [3.8, 4) is 0 Å². The van der Waals surface area contributed by atoms with Crippen LogP contribution in [0, 0.1) is 46.9 Å². The van der Waals surface area contributed by atoms with E-state index in [1.54, 1.807) is 0 Å². The summed E-state index contributed by atoms with van der Waals surface area (Å²) in [5, 5.41) is 19.6. The van der Waals surface area contributed by atoms with Gasteiger partial charge in [0.1, 0.15) is 0 Å². The Hall–Kier alpha value is 0.769. The Morgan fingerprint density at radius 3 is 0.438 bits per heavy atom. The molecule has 0 unspecified atom stereocenters. The van der Waals surface area contributed by atoms with Crippen molar-refractivity contribution in [2.45, 2.75) is 19.1 Å². The van der Waals surface area contributed by atoms with E-state index in [0.29, 0.717) is 0 Å². The Kier molecular flexibility index (Phi) is 15.6. The normalized spacial score (nSPS) is 11.2. The molecule has 13 heteroatoms. The molecule has 0 radical (unpaired) electrons. The van der Waals surface area contributed by atoms with E-state index in [4.69, 9.17) is 15.3 Å². The van der Waals surface area contributed by atoms with Crippen LogP contribution < -0.4 is 0 Å². The van der Waals surface area contributed by atoms with Crippen molar-refractivity contribution < 1.29 is 102 Å². The third-order valence-electron chi connectivity index (χ3n) is 0. The number of hydrogen-bond acceptors (Lipinski definition) is 3. The van der Waals surface area contributed by atoms with Crippen LogP contribution in [0.4, 0.5) is 39.5 Å². The molecule has 0 saturated heterocycles. The maximum Gasteiger partial charge on any atom is 0.519 e. The SMILES string of the molecule is OC(F)(F)F.OC(F)(F)F.OC(F)(F)F.[Yb]. The Bertz CT molecular complexity index is 101. The molecule has 0 saturated carbocycles. The molecule has 110 valence electrons. The predicted octanol–water partition coefficient (Wildman–Crippen LogP) is 1.50. The average Bonchev–Trinajstić information content (AvgIpc) is 1.41. The second kappa shape index (κ2) is 9.76. The largest absolute Gasteiger partial charge is 0.519 e. The molecule has 0 aliphatic rings. The molecule has 16 heavy (non-hydrogen) atoms. The summed E-state index contributed by atoms with van der Waals surface area (Å²) in [7, 11) is 0. The van der Waals surface area contributed by atoms with Crippen LogP contribution in [0.15, 0.2) is 0 Å². The molecule has 0 bridgehead atoms. The van der Waals surface area contributed by atoms with Gasteiger partial charge in [-0.1, -0.05) is 0 Å². The zero-order valence-electron chi connectivity index (χ0n) is 6.51. The number of aliphatic hydroxyl groups is 3. The van der Waals surface area contributed by atoms with Gasteiger partial charge in [0.2, 0.25) is 0 Å². The molecule has 0 amide bonds. The van der Waals surface area contributed by atoms with Gasteiger partial charge in [0.15, 0.2) is 0 Å². The first-order valence-corrected chi connectivity index (χ1v) is 2.37. The Morgan fingerprint density at radius 1 is 0.438 bits per heavy atom. The molecule has 0 aromatic carbocycles. The molecule has 0 aliphatic carbocycles. The second-order valence-corrected chi connectivity index (χ2v) is 1.40. The van der Waals surface area contributed by atoms with E-state index in [-0.39, 0.29) is 46.9 Å². The first kappa shape index (κ1) is 25.6. The van der Waals surface area contributed by atoms with E-state index < -0.39 is 19.1 Å². The minimum atomic E-state index is -5.00. The molecule has 3 nitrogen and oxygen atoms in total. The van der Waals surface area contributed by atoms with Gasteiger partial charge in [0.25, 0.3) is 0 Å². The summed E-state index contributed by atoms with van der Waals surface area (Å²) in [6.45, 7) is 0. The first-order valence-electron chi connectivity index (χ1n) is 2.37. The maximum atomic E-state index is 9.91. The summed E-state index contributed by atoms with van der Waals surface area (Å²) in [5.41, 5.74) is 0. The smallest absolute Gasteiger partial charge is 0.308 e. The fourth-order valence-electron chi connectivity index (χ4n) is 0. The first-order chi connectivity index (χ1) is 6.00. The van der Waals surface area contributed by atoms with Crippen molar-refractivity contribution in [3.63, 3.8) is 0 Å². The summed E-state index contributed by atoms with van der Waals surface area (Å²) < 4.78 is 89.2.